The van der Waals surface area contributed by atoms with Gasteiger partial charge in [-0.3, -0.25) is 0 Å². The van der Waals surface area contributed by atoms with Crippen LogP contribution in [0.4, 0.5) is 9.59 Å². The molecule has 0 amide bonds. The number of carbonyl (C=O) groups excluding carboxylic acids is 3. The first-order valence-corrected chi connectivity index (χ1v) is 10.6. The Morgan fingerprint density at radius 1 is 0.941 bits per heavy atom. The molecule has 0 bridgehead atoms. The largest absolute Gasteiger partial charge is 0.513 e. The Bertz CT molecular complexity index is 1070. The molecule has 0 N–H and O–H groups in total. The highest BCUT2D eigenvalue weighted by molar-refractivity contribution is 5.98. The predicted molar refractivity (Wildman–Crippen MR) is 121 cm³/mol. The van der Waals surface area contributed by atoms with Crippen molar-refractivity contribution in [1.82, 2.24) is 0 Å². The molecule has 0 saturated heterocycles. The number of rotatable bonds is 9. The van der Waals surface area contributed by atoms with E-state index in [-0.39, 0.29) is 30.3 Å². The van der Waals surface area contributed by atoms with Gasteiger partial charge in [0.25, 0.3) is 0 Å². The van der Waals surface area contributed by atoms with Crippen LogP contribution >= 0.6 is 0 Å². The summed E-state index contributed by atoms with van der Waals surface area (Å²) < 4.78 is 25.0. The van der Waals surface area contributed by atoms with Crippen LogP contribution in [0.5, 0.6) is 11.5 Å². The van der Waals surface area contributed by atoms with E-state index in [2.05, 4.69) is 0 Å². The smallest absolute Gasteiger partial charge is 0.458 e. The molecule has 0 fully saturated rings. The van der Waals surface area contributed by atoms with Gasteiger partial charge in [0.15, 0.2) is 11.5 Å². The van der Waals surface area contributed by atoms with E-state index in [9.17, 15) is 19.6 Å². The lowest BCUT2D eigenvalue weighted by molar-refractivity contribution is -0.142. The first-order chi connectivity index (χ1) is 16.4. The van der Waals surface area contributed by atoms with E-state index >= 15 is 0 Å². The van der Waals surface area contributed by atoms with Crippen molar-refractivity contribution in [3.05, 3.63) is 65.2 Å². The standard InChI is InChI=1S/C25H25NO8/c1-4-30-24(28)33-21-12-11-19(15-22(21)34-25(29)31-5-2)14-20(16-26)23(27)32-17(3)13-18-9-7-6-8-10-18/h6-12,14-15,17H,4-5,13H2,1-3H3/b20-14+. The molecule has 0 aliphatic carbocycles. The predicted octanol–water partition coefficient (Wildman–Crippen LogP) is 4.84. The van der Waals surface area contributed by atoms with Crippen LogP contribution in [0.2, 0.25) is 0 Å². The lowest BCUT2D eigenvalue weighted by atomic mass is 10.1. The molecule has 2 aromatic carbocycles. The molecule has 0 spiro atoms. The summed E-state index contributed by atoms with van der Waals surface area (Å²) in [4.78, 5) is 36.0. The number of benzene rings is 2. The van der Waals surface area contributed by atoms with Crippen molar-refractivity contribution >= 4 is 24.4 Å². The molecule has 2 aromatic rings. The minimum absolute atomic E-state index is 0.0675. The van der Waals surface area contributed by atoms with Crippen LogP contribution in [0.15, 0.2) is 54.1 Å². The van der Waals surface area contributed by atoms with Crippen LogP contribution in [0.25, 0.3) is 6.08 Å². The molecule has 0 heterocycles. The van der Waals surface area contributed by atoms with E-state index in [1.165, 1.54) is 24.3 Å². The molecule has 9 heteroatoms. The van der Waals surface area contributed by atoms with Gasteiger partial charge in [0.05, 0.1) is 13.2 Å². The number of nitriles is 1. The maximum absolute atomic E-state index is 12.5. The summed E-state index contributed by atoms with van der Waals surface area (Å²) >= 11 is 0. The quantitative estimate of drug-likeness (QED) is 0.168. The van der Waals surface area contributed by atoms with E-state index in [0.717, 1.165) is 5.56 Å². The third-order valence-electron chi connectivity index (χ3n) is 4.20. The Labute approximate surface area is 197 Å². The number of nitrogens with zero attached hydrogens (tertiary/aromatic N) is 1. The Balaban J connectivity index is 2.22. The van der Waals surface area contributed by atoms with Crippen molar-refractivity contribution in [3.8, 4) is 17.6 Å². The van der Waals surface area contributed by atoms with E-state index in [1.807, 2.05) is 36.4 Å². The highest BCUT2D eigenvalue weighted by Crippen LogP contribution is 2.30. The minimum atomic E-state index is -1.02. The topological polar surface area (TPSA) is 121 Å². The molecule has 0 aromatic heterocycles. The van der Waals surface area contributed by atoms with Gasteiger partial charge in [0.2, 0.25) is 0 Å². The fourth-order valence-electron chi connectivity index (χ4n) is 2.79. The highest BCUT2D eigenvalue weighted by atomic mass is 16.7. The van der Waals surface area contributed by atoms with E-state index in [0.29, 0.717) is 12.0 Å². The third kappa shape index (κ3) is 8.31. The summed E-state index contributed by atoms with van der Waals surface area (Å²) in [7, 11) is 0. The molecule has 0 radical (unpaired) electrons. The maximum Gasteiger partial charge on any atom is 0.513 e. The van der Waals surface area contributed by atoms with Crippen molar-refractivity contribution in [2.45, 2.75) is 33.3 Å². The second kappa shape index (κ2) is 13.3. The van der Waals surface area contributed by atoms with Gasteiger partial charge in [-0.1, -0.05) is 36.4 Å². The Morgan fingerprint density at radius 2 is 1.56 bits per heavy atom. The van der Waals surface area contributed by atoms with Gasteiger partial charge < -0.3 is 23.7 Å². The molecule has 1 unspecified atom stereocenters. The lowest BCUT2D eigenvalue weighted by Gasteiger charge is -2.13. The normalized spacial score (nSPS) is 11.5. The second-order valence-corrected chi connectivity index (χ2v) is 6.85. The average Bonchev–Trinajstić information content (AvgIpc) is 2.79. The highest BCUT2D eigenvalue weighted by Gasteiger charge is 2.18. The van der Waals surface area contributed by atoms with Crippen molar-refractivity contribution < 1.29 is 38.1 Å². The fourth-order valence-corrected chi connectivity index (χ4v) is 2.79. The number of esters is 1. The zero-order valence-electron chi connectivity index (χ0n) is 19.1. The van der Waals surface area contributed by atoms with Gasteiger partial charge in [0.1, 0.15) is 17.7 Å². The van der Waals surface area contributed by atoms with Crippen LogP contribution in [0.1, 0.15) is 31.9 Å². The molecule has 1 atom stereocenters. The number of hydrogen-bond donors (Lipinski definition) is 0. The van der Waals surface area contributed by atoms with Crippen LogP contribution in [-0.2, 0) is 25.4 Å². The van der Waals surface area contributed by atoms with Crippen molar-refractivity contribution in [2.75, 3.05) is 13.2 Å². The van der Waals surface area contributed by atoms with E-state index < -0.39 is 24.4 Å². The molecule has 9 nitrogen and oxygen atoms in total. The monoisotopic (exact) mass is 467 g/mol. The van der Waals surface area contributed by atoms with Gasteiger partial charge in [-0.2, -0.15) is 5.26 Å². The number of hydrogen-bond acceptors (Lipinski definition) is 9. The van der Waals surface area contributed by atoms with Gasteiger partial charge in [-0.25, -0.2) is 14.4 Å². The molecule has 0 saturated carbocycles. The van der Waals surface area contributed by atoms with Crippen LogP contribution in [-0.4, -0.2) is 37.6 Å². The average molecular weight is 467 g/mol. The Morgan fingerprint density at radius 3 is 2.15 bits per heavy atom. The Hall–Kier alpha value is -4.32. The SMILES string of the molecule is CCOC(=O)Oc1ccc(/C=C(\C#N)C(=O)OC(C)Cc2ccccc2)cc1OC(=O)OCC. The molecule has 0 aliphatic heterocycles. The van der Waals surface area contributed by atoms with Crippen molar-refractivity contribution in [2.24, 2.45) is 0 Å². The first-order valence-electron chi connectivity index (χ1n) is 10.6. The van der Waals surface area contributed by atoms with Crippen LogP contribution < -0.4 is 9.47 Å². The van der Waals surface area contributed by atoms with E-state index in [4.69, 9.17) is 23.7 Å². The van der Waals surface area contributed by atoms with Crippen molar-refractivity contribution in [3.63, 3.8) is 0 Å². The van der Waals surface area contributed by atoms with Crippen LogP contribution in [0, 0.1) is 11.3 Å². The molecule has 0 aliphatic rings. The first kappa shape index (κ1) is 25.9. The summed E-state index contributed by atoms with van der Waals surface area (Å²) in [5.74, 6) is -1.07. The van der Waals surface area contributed by atoms with Crippen LogP contribution in [0.3, 0.4) is 0 Å². The van der Waals surface area contributed by atoms with Gasteiger partial charge in [0, 0.05) is 6.42 Å². The zero-order valence-corrected chi connectivity index (χ0v) is 19.1. The summed E-state index contributed by atoms with van der Waals surface area (Å²) in [6.45, 7) is 5.09. The lowest BCUT2D eigenvalue weighted by Crippen LogP contribution is -2.18. The molecular weight excluding hydrogens is 442 g/mol. The van der Waals surface area contributed by atoms with Crippen molar-refractivity contribution in [1.29, 1.82) is 5.26 Å². The molecule has 34 heavy (non-hydrogen) atoms. The summed E-state index contributed by atoms with van der Waals surface area (Å²) in [6.07, 6.45) is -0.721. The zero-order chi connectivity index (χ0) is 24.9. The van der Waals surface area contributed by atoms with Gasteiger partial charge in [-0.15, -0.1) is 0 Å². The van der Waals surface area contributed by atoms with E-state index in [1.54, 1.807) is 20.8 Å². The number of ether oxygens (including phenoxy) is 5. The number of carbonyl (C=O) groups is 3. The second-order valence-electron chi connectivity index (χ2n) is 6.85. The summed E-state index contributed by atoms with van der Waals surface area (Å²) in [5, 5.41) is 9.47. The molecule has 2 rings (SSSR count). The van der Waals surface area contributed by atoms with Gasteiger partial charge >= 0.3 is 18.3 Å². The van der Waals surface area contributed by atoms with Gasteiger partial charge in [-0.05, 0) is 50.1 Å². The molecule has 178 valence electrons. The Kier molecular flexibility index (Phi) is 10.1. The fraction of sp³-hybridized carbons (Fsp3) is 0.280. The summed E-state index contributed by atoms with van der Waals surface area (Å²) in [6, 6.07) is 15.4. The third-order valence-corrected chi connectivity index (χ3v) is 4.20. The summed E-state index contributed by atoms with van der Waals surface area (Å²) in [5.41, 5.74) is 1.05. The minimum Gasteiger partial charge on any atom is -0.458 e. The maximum atomic E-state index is 12.5. The molecular formula is C25H25NO8.